The number of anilines is 1. The van der Waals surface area contributed by atoms with Crippen LogP contribution in [-0.4, -0.2) is 35.0 Å². The Kier molecular flexibility index (Phi) is 7.17. The Hall–Kier alpha value is -3.70. The maximum atomic E-state index is 13.2. The predicted molar refractivity (Wildman–Crippen MR) is 134 cm³/mol. The Bertz CT molecular complexity index is 1470. The van der Waals surface area contributed by atoms with E-state index in [1.807, 2.05) is 6.92 Å². The molecule has 0 aliphatic rings. The normalized spacial score (nSPS) is 11.5. The lowest BCUT2D eigenvalue weighted by molar-refractivity contribution is -0.384. The summed E-state index contributed by atoms with van der Waals surface area (Å²) in [5.74, 6) is -0.464. The van der Waals surface area contributed by atoms with Crippen LogP contribution in [0.25, 0.3) is 10.2 Å². The van der Waals surface area contributed by atoms with Crippen LogP contribution in [0.1, 0.15) is 24.1 Å². The molecule has 0 N–H and O–H groups in total. The number of pyridine rings is 1. The molecule has 0 atom stereocenters. The highest BCUT2D eigenvalue weighted by Crippen LogP contribution is 2.32. The lowest BCUT2D eigenvalue weighted by atomic mass is 10.2. The van der Waals surface area contributed by atoms with Gasteiger partial charge < -0.3 is 0 Å². The van der Waals surface area contributed by atoms with Crippen LogP contribution >= 0.6 is 11.3 Å². The molecule has 1 amide bonds. The molecular formula is C24H22N4O5S2. The highest BCUT2D eigenvalue weighted by molar-refractivity contribution is 7.91. The van der Waals surface area contributed by atoms with Crippen molar-refractivity contribution in [3.05, 3.63) is 88.2 Å². The molecule has 0 fully saturated rings. The number of amides is 1. The van der Waals surface area contributed by atoms with E-state index in [2.05, 4.69) is 9.97 Å². The number of nitro groups is 1. The zero-order chi connectivity index (χ0) is 25.0. The molecule has 0 unspecified atom stereocenters. The van der Waals surface area contributed by atoms with Crippen LogP contribution < -0.4 is 4.90 Å². The lowest BCUT2D eigenvalue weighted by Gasteiger charge is -2.19. The number of hydrogen-bond donors (Lipinski definition) is 0. The summed E-state index contributed by atoms with van der Waals surface area (Å²) in [4.78, 5) is 34.3. The van der Waals surface area contributed by atoms with Crippen molar-refractivity contribution in [1.29, 1.82) is 0 Å². The molecule has 180 valence electrons. The number of non-ortho nitro benzene ring substituents is 1. The molecule has 2 aromatic carbocycles. The van der Waals surface area contributed by atoms with Crippen molar-refractivity contribution in [2.45, 2.75) is 31.2 Å². The minimum Gasteiger partial charge on any atom is -0.282 e. The third kappa shape index (κ3) is 5.87. The van der Waals surface area contributed by atoms with E-state index in [9.17, 15) is 23.3 Å². The highest BCUT2D eigenvalue weighted by atomic mass is 32.2. The molecule has 9 nitrogen and oxygen atoms in total. The van der Waals surface area contributed by atoms with Gasteiger partial charge in [-0.15, -0.1) is 0 Å². The Morgan fingerprint density at radius 3 is 2.57 bits per heavy atom. The number of aromatic nitrogens is 2. The van der Waals surface area contributed by atoms with Crippen LogP contribution in [0.5, 0.6) is 0 Å². The molecule has 2 aromatic heterocycles. The number of nitrogens with zero attached hydrogens (tertiary/aromatic N) is 4. The largest absolute Gasteiger partial charge is 0.282 e. The predicted octanol–water partition coefficient (Wildman–Crippen LogP) is 4.70. The Labute approximate surface area is 206 Å². The minimum absolute atomic E-state index is 0.00595. The summed E-state index contributed by atoms with van der Waals surface area (Å²) in [5, 5.41) is 11.5. The number of aryl methyl sites for hydroxylation is 1. The topological polar surface area (TPSA) is 123 Å². The van der Waals surface area contributed by atoms with Gasteiger partial charge in [-0.25, -0.2) is 13.4 Å². The molecule has 0 bridgehead atoms. The van der Waals surface area contributed by atoms with E-state index in [0.717, 1.165) is 5.56 Å². The van der Waals surface area contributed by atoms with Crippen LogP contribution in [0.4, 0.5) is 10.8 Å². The van der Waals surface area contributed by atoms with Crippen LogP contribution in [0.3, 0.4) is 0 Å². The van der Waals surface area contributed by atoms with Gasteiger partial charge in [0.15, 0.2) is 15.0 Å². The first-order valence-electron chi connectivity index (χ1n) is 10.8. The molecule has 2 heterocycles. The standard InChI is InChI=1S/C24H22N4O5S2/c1-17-7-10-20(11-8-17)35(32,33)14-4-6-23(29)27(16-18-5-2-3-13-25-18)24-26-21-12-9-19(28(30)31)15-22(21)34-24/h2-3,5,7-13,15H,4,6,14,16H2,1H3. The van der Waals surface area contributed by atoms with E-state index >= 15 is 0 Å². The summed E-state index contributed by atoms with van der Waals surface area (Å²) >= 11 is 1.17. The first-order valence-corrected chi connectivity index (χ1v) is 13.2. The summed E-state index contributed by atoms with van der Waals surface area (Å²) in [5.41, 5.74) is 2.08. The van der Waals surface area contributed by atoms with Crippen LogP contribution in [0, 0.1) is 17.0 Å². The molecular weight excluding hydrogens is 488 g/mol. The quantitative estimate of drug-likeness (QED) is 0.236. The first kappa shape index (κ1) is 24.4. The molecule has 0 saturated carbocycles. The van der Waals surface area contributed by atoms with E-state index in [0.29, 0.717) is 21.0 Å². The van der Waals surface area contributed by atoms with Crippen molar-refractivity contribution in [3.63, 3.8) is 0 Å². The number of rotatable bonds is 9. The molecule has 0 spiro atoms. The summed E-state index contributed by atoms with van der Waals surface area (Å²) in [6.45, 7) is 2.03. The van der Waals surface area contributed by atoms with Crippen molar-refractivity contribution in [2.24, 2.45) is 0 Å². The number of carbonyl (C=O) groups is 1. The monoisotopic (exact) mass is 510 g/mol. The molecule has 0 radical (unpaired) electrons. The third-order valence-corrected chi connectivity index (χ3v) is 8.19. The number of carbonyl (C=O) groups excluding carboxylic acids is 1. The second-order valence-electron chi connectivity index (χ2n) is 7.94. The van der Waals surface area contributed by atoms with E-state index in [1.54, 1.807) is 54.7 Å². The fourth-order valence-electron chi connectivity index (χ4n) is 3.46. The number of sulfone groups is 1. The average Bonchev–Trinajstić information content (AvgIpc) is 3.26. The number of thiazole rings is 1. The van der Waals surface area contributed by atoms with Crippen LogP contribution in [0.15, 0.2) is 71.8 Å². The minimum atomic E-state index is -3.52. The summed E-state index contributed by atoms with van der Waals surface area (Å²) in [6, 6.07) is 16.3. The van der Waals surface area contributed by atoms with Crippen LogP contribution in [0.2, 0.25) is 0 Å². The zero-order valence-corrected chi connectivity index (χ0v) is 20.5. The molecule has 0 aliphatic heterocycles. The van der Waals surface area contributed by atoms with Gasteiger partial charge in [0.1, 0.15) is 0 Å². The summed E-state index contributed by atoms with van der Waals surface area (Å²) in [6.07, 6.45) is 1.76. The van der Waals surface area contributed by atoms with Crippen LogP contribution in [-0.2, 0) is 21.2 Å². The van der Waals surface area contributed by atoms with Crippen molar-refractivity contribution in [1.82, 2.24) is 9.97 Å². The Morgan fingerprint density at radius 2 is 1.89 bits per heavy atom. The third-order valence-electron chi connectivity index (χ3n) is 5.33. The fourth-order valence-corrected chi connectivity index (χ4v) is 5.78. The van der Waals surface area contributed by atoms with E-state index in [1.165, 1.54) is 28.4 Å². The summed E-state index contributed by atoms with van der Waals surface area (Å²) in [7, 11) is -3.52. The molecule has 0 aliphatic carbocycles. The second-order valence-corrected chi connectivity index (χ2v) is 11.1. The zero-order valence-electron chi connectivity index (χ0n) is 18.8. The second kappa shape index (κ2) is 10.3. The number of hydrogen-bond acceptors (Lipinski definition) is 8. The maximum absolute atomic E-state index is 13.2. The van der Waals surface area contributed by atoms with Gasteiger partial charge in [-0.3, -0.25) is 24.8 Å². The molecule has 4 aromatic rings. The number of nitro benzene ring substituents is 1. The Balaban J connectivity index is 1.54. The van der Waals surface area contributed by atoms with E-state index in [-0.39, 0.29) is 41.6 Å². The SMILES string of the molecule is Cc1ccc(S(=O)(=O)CCCC(=O)N(Cc2ccccn2)c2nc3ccc([N+](=O)[O-])cc3s2)cc1. The smallest absolute Gasteiger partial charge is 0.270 e. The van der Waals surface area contributed by atoms with E-state index in [4.69, 9.17) is 0 Å². The average molecular weight is 511 g/mol. The van der Waals surface area contributed by atoms with Gasteiger partial charge in [0.05, 0.1) is 38.0 Å². The van der Waals surface area contributed by atoms with Crippen molar-refractivity contribution >= 4 is 48.1 Å². The first-order chi connectivity index (χ1) is 16.7. The van der Waals surface area contributed by atoms with Gasteiger partial charge in [0.2, 0.25) is 5.91 Å². The van der Waals surface area contributed by atoms with Crippen molar-refractivity contribution in [2.75, 3.05) is 10.7 Å². The van der Waals surface area contributed by atoms with E-state index < -0.39 is 14.8 Å². The fraction of sp³-hybridized carbons (Fsp3) is 0.208. The van der Waals surface area contributed by atoms with Crippen molar-refractivity contribution < 1.29 is 18.1 Å². The van der Waals surface area contributed by atoms with Gasteiger partial charge >= 0.3 is 0 Å². The number of fused-ring (bicyclic) bond motifs is 1. The number of benzene rings is 2. The van der Waals surface area contributed by atoms with Gasteiger partial charge in [-0.05, 0) is 43.7 Å². The lowest BCUT2D eigenvalue weighted by Crippen LogP contribution is -2.30. The molecule has 0 saturated heterocycles. The Morgan fingerprint density at radius 1 is 1.11 bits per heavy atom. The highest BCUT2D eigenvalue weighted by Gasteiger charge is 2.23. The molecule has 4 rings (SSSR count). The van der Waals surface area contributed by atoms with Crippen molar-refractivity contribution in [3.8, 4) is 0 Å². The molecule has 35 heavy (non-hydrogen) atoms. The maximum Gasteiger partial charge on any atom is 0.270 e. The molecule has 11 heteroatoms. The van der Waals surface area contributed by atoms with Gasteiger partial charge in [0, 0.05) is 24.8 Å². The van der Waals surface area contributed by atoms with Gasteiger partial charge in [-0.1, -0.05) is 35.1 Å². The summed E-state index contributed by atoms with van der Waals surface area (Å²) < 4.78 is 25.9. The van der Waals surface area contributed by atoms with Gasteiger partial charge in [-0.2, -0.15) is 0 Å². The van der Waals surface area contributed by atoms with Gasteiger partial charge in [0.25, 0.3) is 5.69 Å².